The van der Waals surface area contributed by atoms with Crippen LogP contribution in [-0.4, -0.2) is 19.8 Å². The van der Waals surface area contributed by atoms with Crippen LogP contribution in [0.25, 0.3) is 10.7 Å². The number of aromatic nitrogens is 5. The first kappa shape index (κ1) is 9.17. The zero-order valence-electron chi connectivity index (χ0n) is 8.15. The molecular weight excluding hydrogens is 230 g/mol. The Hall–Kier alpha value is -1.08. The van der Waals surface area contributed by atoms with E-state index in [2.05, 4.69) is 24.4 Å². The summed E-state index contributed by atoms with van der Waals surface area (Å²) in [5.41, 5.74) is 0.944. The normalized spacial score (nSPS) is 15.8. The fourth-order valence-electron chi connectivity index (χ4n) is 1.63. The van der Waals surface area contributed by atoms with Gasteiger partial charge in [-0.3, -0.25) is 0 Å². The number of aryl methyl sites for hydroxylation is 1. The number of hydrogen-bond donors (Lipinski definition) is 2. The first-order chi connectivity index (χ1) is 7.27. The van der Waals surface area contributed by atoms with Gasteiger partial charge in [-0.1, -0.05) is 4.49 Å². The maximum absolute atomic E-state index is 5.25. The van der Waals surface area contributed by atoms with Gasteiger partial charge in [-0.15, -0.1) is 5.10 Å². The van der Waals surface area contributed by atoms with Crippen LogP contribution in [0, 0.1) is 11.7 Å². The average Bonchev–Trinajstić information content (AvgIpc) is 2.85. The number of aromatic amines is 2. The van der Waals surface area contributed by atoms with Crippen molar-refractivity contribution in [3.8, 4) is 10.7 Å². The number of H-pyrrole nitrogens is 2. The zero-order chi connectivity index (χ0) is 10.4. The third kappa shape index (κ3) is 1.42. The summed E-state index contributed by atoms with van der Waals surface area (Å²) >= 11 is 6.64. The van der Waals surface area contributed by atoms with Crippen molar-refractivity contribution in [2.24, 2.45) is 0 Å². The van der Waals surface area contributed by atoms with E-state index in [1.54, 1.807) is 0 Å². The topological polar surface area (TPSA) is 61.2 Å². The van der Waals surface area contributed by atoms with Gasteiger partial charge < -0.3 is 0 Å². The van der Waals surface area contributed by atoms with E-state index >= 15 is 0 Å². The quantitative estimate of drug-likeness (QED) is 0.618. The highest BCUT2D eigenvalue weighted by atomic mass is 32.1. The van der Waals surface area contributed by atoms with Crippen LogP contribution in [0.2, 0.25) is 0 Å². The van der Waals surface area contributed by atoms with Gasteiger partial charge in [-0.25, -0.2) is 4.57 Å². The monoisotopic (exact) mass is 240 g/mol. The molecule has 1 aliphatic rings. The van der Waals surface area contributed by atoms with E-state index < -0.39 is 0 Å². The lowest BCUT2D eigenvalue weighted by atomic mass is 10.4. The predicted octanol–water partition coefficient (Wildman–Crippen LogP) is 1.52. The molecule has 15 heavy (non-hydrogen) atoms. The van der Waals surface area contributed by atoms with Gasteiger partial charge in [-0.05, 0) is 43.5 Å². The van der Waals surface area contributed by atoms with E-state index in [1.807, 2.05) is 6.92 Å². The first-order valence-corrected chi connectivity index (χ1v) is 5.97. The van der Waals surface area contributed by atoms with E-state index in [-0.39, 0.29) is 0 Å². The Labute approximate surface area is 95.3 Å². The van der Waals surface area contributed by atoms with Gasteiger partial charge in [-0.2, -0.15) is 10.2 Å². The molecule has 0 aliphatic heterocycles. The number of nitrogens with zero attached hydrogens (tertiary/aromatic N) is 3. The van der Waals surface area contributed by atoms with Crippen LogP contribution in [0.4, 0.5) is 0 Å². The minimum atomic E-state index is 0.552. The van der Waals surface area contributed by atoms with Crippen LogP contribution in [0.3, 0.4) is 0 Å². The molecule has 3 rings (SSSR count). The summed E-state index contributed by atoms with van der Waals surface area (Å²) in [5, 5.41) is 10.1. The Morgan fingerprint density at radius 3 is 2.87 bits per heavy atom. The molecule has 0 saturated heterocycles. The molecule has 1 saturated carbocycles. The summed E-state index contributed by atoms with van der Waals surface area (Å²) in [5.74, 6) is 1.01. The number of nitrogens with one attached hydrogen (secondary N) is 2. The number of hydrogen-bond acceptors (Lipinski definition) is 4. The Balaban J connectivity index is 2.20. The second-order valence-electron chi connectivity index (χ2n) is 3.69. The van der Waals surface area contributed by atoms with Crippen LogP contribution in [0.15, 0.2) is 0 Å². The van der Waals surface area contributed by atoms with Crippen LogP contribution < -0.4 is 4.57 Å². The Morgan fingerprint density at radius 1 is 1.47 bits per heavy atom. The maximum atomic E-state index is 5.25. The second-order valence-corrected chi connectivity index (χ2v) is 4.83. The summed E-state index contributed by atoms with van der Waals surface area (Å²) in [4.78, 5) is 1.06. The minimum absolute atomic E-state index is 0.552. The average molecular weight is 240 g/mol. The second kappa shape index (κ2) is 3.21. The lowest BCUT2D eigenvalue weighted by molar-refractivity contribution is -0.696. The molecule has 0 radical (unpaired) electrons. The highest BCUT2D eigenvalue weighted by Gasteiger charge is 2.33. The van der Waals surface area contributed by atoms with Crippen LogP contribution in [-0.2, 0) is 0 Å². The number of rotatable bonds is 2. The van der Waals surface area contributed by atoms with Crippen molar-refractivity contribution in [3.63, 3.8) is 0 Å². The van der Waals surface area contributed by atoms with Gasteiger partial charge in [0.05, 0.1) is 11.7 Å². The van der Waals surface area contributed by atoms with Crippen molar-refractivity contribution in [3.05, 3.63) is 10.5 Å². The van der Waals surface area contributed by atoms with E-state index in [0.717, 1.165) is 21.2 Å². The van der Waals surface area contributed by atoms with Gasteiger partial charge in [0.15, 0.2) is 0 Å². The van der Waals surface area contributed by atoms with Crippen molar-refractivity contribution >= 4 is 23.8 Å². The van der Waals surface area contributed by atoms with Gasteiger partial charge in [0.2, 0.25) is 0 Å². The third-order valence-corrected chi connectivity index (χ3v) is 3.66. The molecule has 2 aromatic heterocycles. The summed E-state index contributed by atoms with van der Waals surface area (Å²) in [6.45, 7) is 1.96. The summed E-state index contributed by atoms with van der Waals surface area (Å²) in [7, 11) is 0. The molecule has 0 atom stereocenters. The van der Waals surface area contributed by atoms with E-state index in [9.17, 15) is 0 Å². The molecule has 1 fully saturated rings. The SMILES string of the molecule is Cc1nnsc1-c1[nH][nH]c(=S)[n+]1C1CC1. The van der Waals surface area contributed by atoms with Crippen molar-refractivity contribution < 1.29 is 4.57 Å². The Bertz CT molecular complexity index is 547. The standard InChI is InChI=1S/C8H9N5S2/c1-4-6(15-12-9-4)7-10-11-8(14)13(7)5-2-3-5/h5H,2-3H2,1H3,(H,11,12,14)/p+1. The van der Waals surface area contributed by atoms with Crippen LogP contribution in [0.5, 0.6) is 0 Å². The minimum Gasteiger partial charge on any atom is -0.214 e. The Morgan fingerprint density at radius 2 is 2.27 bits per heavy atom. The molecule has 0 unspecified atom stereocenters. The first-order valence-electron chi connectivity index (χ1n) is 4.79. The molecular formula is C8H10N5S2+. The molecule has 2 N–H and O–H groups in total. The van der Waals surface area contributed by atoms with Crippen LogP contribution in [0.1, 0.15) is 24.6 Å². The van der Waals surface area contributed by atoms with Gasteiger partial charge in [0.1, 0.15) is 4.88 Å². The lowest BCUT2D eigenvalue weighted by Gasteiger charge is -1.95. The van der Waals surface area contributed by atoms with Crippen molar-refractivity contribution in [1.29, 1.82) is 0 Å². The van der Waals surface area contributed by atoms with E-state index in [1.165, 1.54) is 24.4 Å². The van der Waals surface area contributed by atoms with E-state index in [4.69, 9.17) is 12.2 Å². The Kier molecular flexibility index (Phi) is 1.96. The fourth-order valence-corrected chi connectivity index (χ4v) is 2.58. The largest absolute Gasteiger partial charge is 0.323 e. The summed E-state index contributed by atoms with van der Waals surface area (Å²) < 4.78 is 6.83. The van der Waals surface area contributed by atoms with Crippen molar-refractivity contribution in [1.82, 2.24) is 19.8 Å². The van der Waals surface area contributed by atoms with Gasteiger partial charge >= 0.3 is 4.77 Å². The highest BCUT2D eigenvalue weighted by Crippen LogP contribution is 2.32. The third-order valence-electron chi connectivity index (χ3n) is 2.53. The molecule has 7 heteroatoms. The zero-order valence-corrected chi connectivity index (χ0v) is 9.78. The fraction of sp³-hybridized carbons (Fsp3) is 0.500. The maximum Gasteiger partial charge on any atom is 0.323 e. The van der Waals surface area contributed by atoms with E-state index in [0.29, 0.717) is 6.04 Å². The highest BCUT2D eigenvalue weighted by molar-refractivity contribution is 7.71. The molecule has 78 valence electrons. The molecule has 0 amide bonds. The summed E-state index contributed by atoms with van der Waals surface area (Å²) in [6.07, 6.45) is 2.41. The molecule has 5 nitrogen and oxygen atoms in total. The molecule has 1 aliphatic carbocycles. The van der Waals surface area contributed by atoms with Crippen LogP contribution >= 0.6 is 23.8 Å². The lowest BCUT2D eigenvalue weighted by Crippen LogP contribution is -2.34. The van der Waals surface area contributed by atoms with Gasteiger partial charge in [0.25, 0.3) is 5.82 Å². The smallest absolute Gasteiger partial charge is 0.214 e. The van der Waals surface area contributed by atoms with Gasteiger partial charge in [0, 0.05) is 0 Å². The summed E-state index contributed by atoms with van der Waals surface area (Å²) in [6, 6.07) is 0.552. The van der Waals surface area contributed by atoms with Crippen molar-refractivity contribution in [2.45, 2.75) is 25.8 Å². The molecule has 0 bridgehead atoms. The van der Waals surface area contributed by atoms with Crippen molar-refractivity contribution in [2.75, 3.05) is 0 Å². The molecule has 2 aromatic rings. The molecule has 0 aromatic carbocycles. The molecule has 0 spiro atoms. The molecule has 2 heterocycles. The predicted molar refractivity (Wildman–Crippen MR) is 58.1 cm³/mol.